The van der Waals surface area contributed by atoms with Gasteiger partial charge in [0.1, 0.15) is 5.69 Å². The lowest BCUT2D eigenvalue weighted by atomic mass is 10.2. The summed E-state index contributed by atoms with van der Waals surface area (Å²) in [5, 5.41) is 14.9. The van der Waals surface area contributed by atoms with Crippen LogP contribution in [0.25, 0.3) is 0 Å². The first-order chi connectivity index (χ1) is 10.6. The molecule has 0 bridgehead atoms. The SMILES string of the molecule is CCC(C)NC(=O)c1ccc(Nc2cccc(C#N)c2)cn1. The standard InChI is InChI=1S/C17H18N4O/c1-3-12(2)20-17(22)16-8-7-15(11-19-16)21-14-6-4-5-13(9-14)10-18/h4-9,11-12,21H,3H2,1-2H3,(H,20,22). The van der Waals surface area contributed by atoms with Crippen LogP contribution in [0.2, 0.25) is 0 Å². The molecule has 112 valence electrons. The Labute approximate surface area is 130 Å². The van der Waals surface area contributed by atoms with Crippen LogP contribution in [0.4, 0.5) is 11.4 Å². The third-order valence-corrected chi connectivity index (χ3v) is 3.27. The number of nitrogens with zero attached hydrogens (tertiary/aromatic N) is 2. The summed E-state index contributed by atoms with van der Waals surface area (Å²) in [6.45, 7) is 3.97. The Balaban J connectivity index is 2.05. The molecule has 2 aromatic rings. The van der Waals surface area contributed by atoms with Crippen molar-refractivity contribution in [1.29, 1.82) is 5.26 Å². The number of aromatic nitrogens is 1. The van der Waals surface area contributed by atoms with E-state index in [2.05, 4.69) is 21.7 Å². The number of nitriles is 1. The molecule has 0 aliphatic carbocycles. The summed E-state index contributed by atoms with van der Waals surface area (Å²) in [5.74, 6) is -0.174. The minimum absolute atomic E-state index is 0.126. The van der Waals surface area contributed by atoms with E-state index in [9.17, 15) is 4.79 Å². The van der Waals surface area contributed by atoms with Gasteiger partial charge in [0.05, 0.1) is 23.5 Å². The molecule has 0 fully saturated rings. The summed E-state index contributed by atoms with van der Waals surface area (Å²) in [6.07, 6.45) is 2.48. The summed E-state index contributed by atoms with van der Waals surface area (Å²) in [7, 11) is 0. The number of amides is 1. The van der Waals surface area contributed by atoms with Crippen LogP contribution in [0.1, 0.15) is 36.3 Å². The zero-order valence-corrected chi connectivity index (χ0v) is 12.6. The lowest BCUT2D eigenvalue weighted by molar-refractivity contribution is 0.0934. The minimum Gasteiger partial charge on any atom is -0.354 e. The van der Waals surface area contributed by atoms with Crippen LogP contribution in [-0.2, 0) is 0 Å². The molecular weight excluding hydrogens is 276 g/mol. The second-order valence-electron chi connectivity index (χ2n) is 5.03. The van der Waals surface area contributed by atoms with Gasteiger partial charge in [-0.15, -0.1) is 0 Å². The number of hydrogen-bond acceptors (Lipinski definition) is 4. The van der Waals surface area contributed by atoms with Crippen molar-refractivity contribution in [2.24, 2.45) is 0 Å². The van der Waals surface area contributed by atoms with E-state index in [4.69, 9.17) is 5.26 Å². The summed E-state index contributed by atoms with van der Waals surface area (Å²) >= 11 is 0. The number of carbonyl (C=O) groups excluding carboxylic acids is 1. The summed E-state index contributed by atoms with van der Waals surface area (Å²) in [5.41, 5.74) is 2.53. The van der Waals surface area contributed by atoms with Crippen molar-refractivity contribution >= 4 is 17.3 Å². The molecule has 1 unspecified atom stereocenters. The Kier molecular flexibility index (Phi) is 5.10. The molecule has 0 saturated heterocycles. The fraction of sp³-hybridized carbons (Fsp3) is 0.235. The van der Waals surface area contributed by atoms with E-state index in [0.717, 1.165) is 17.8 Å². The minimum atomic E-state index is -0.174. The van der Waals surface area contributed by atoms with Gasteiger partial charge in [-0.3, -0.25) is 4.79 Å². The molecular formula is C17H18N4O. The van der Waals surface area contributed by atoms with Crippen molar-refractivity contribution in [2.75, 3.05) is 5.32 Å². The lowest BCUT2D eigenvalue weighted by Gasteiger charge is -2.11. The monoisotopic (exact) mass is 294 g/mol. The fourth-order valence-electron chi connectivity index (χ4n) is 1.84. The van der Waals surface area contributed by atoms with Crippen LogP contribution in [0.5, 0.6) is 0 Å². The third-order valence-electron chi connectivity index (χ3n) is 3.27. The average molecular weight is 294 g/mol. The summed E-state index contributed by atoms with van der Waals surface area (Å²) in [6, 6.07) is 12.9. The van der Waals surface area contributed by atoms with Crippen LogP contribution in [0.3, 0.4) is 0 Å². The van der Waals surface area contributed by atoms with Crippen LogP contribution in [0.15, 0.2) is 42.6 Å². The maximum absolute atomic E-state index is 11.9. The highest BCUT2D eigenvalue weighted by Crippen LogP contribution is 2.17. The van der Waals surface area contributed by atoms with E-state index in [0.29, 0.717) is 11.3 Å². The van der Waals surface area contributed by atoms with Gasteiger partial charge in [0.2, 0.25) is 0 Å². The van der Waals surface area contributed by atoms with E-state index in [1.807, 2.05) is 26.0 Å². The molecule has 0 aliphatic rings. The third kappa shape index (κ3) is 4.06. The molecule has 2 rings (SSSR count). The van der Waals surface area contributed by atoms with Crippen LogP contribution >= 0.6 is 0 Å². The molecule has 1 atom stereocenters. The molecule has 0 aliphatic heterocycles. The van der Waals surface area contributed by atoms with E-state index >= 15 is 0 Å². The molecule has 1 heterocycles. The quantitative estimate of drug-likeness (QED) is 0.887. The number of anilines is 2. The molecule has 0 saturated carbocycles. The van der Waals surface area contributed by atoms with Gasteiger partial charge in [0.15, 0.2) is 0 Å². The van der Waals surface area contributed by atoms with Crippen molar-refractivity contribution in [2.45, 2.75) is 26.3 Å². The zero-order chi connectivity index (χ0) is 15.9. The maximum atomic E-state index is 11.9. The van der Waals surface area contributed by atoms with Gasteiger partial charge in [-0.1, -0.05) is 13.0 Å². The van der Waals surface area contributed by atoms with Crippen molar-refractivity contribution in [1.82, 2.24) is 10.3 Å². The van der Waals surface area contributed by atoms with E-state index in [-0.39, 0.29) is 11.9 Å². The van der Waals surface area contributed by atoms with Crippen molar-refractivity contribution in [3.63, 3.8) is 0 Å². The second kappa shape index (κ2) is 7.23. The van der Waals surface area contributed by atoms with Gasteiger partial charge in [-0.25, -0.2) is 4.98 Å². The number of nitrogens with one attached hydrogen (secondary N) is 2. The van der Waals surface area contributed by atoms with E-state index < -0.39 is 0 Å². The van der Waals surface area contributed by atoms with Crippen LogP contribution in [-0.4, -0.2) is 16.9 Å². The highest BCUT2D eigenvalue weighted by atomic mass is 16.1. The molecule has 0 spiro atoms. The molecule has 1 amide bonds. The van der Waals surface area contributed by atoms with Gasteiger partial charge in [-0.05, 0) is 43.7 Å². The van der Waals surface area contributed by atoms with E-state index in [1.165, 1.54) is 0 Å². The summed E-state index contributed by atoms with van der Waals surface area (Å²) in [4.78, 5) is 16.1. The lowest BCUT2D eigenvalue weighted by Crippen LogP contribution is -2.32. The number of pyridine rings is 1. The molecule has 1 aromatic heterocycles. The average Bonchev–Trinajstić information content (AvgIpc) is 2.55. The predicted octanol–water partition coefficient (Wildman–Crippen LogP) is 3.23. The van der Waals surface area contributed by atoms with Crippen molar-refractivity contribution < 1.29 is 4.79 Å². The number of carbonyl (C=O) groups is 1. The Morgan fingerprint density at radius 2 is 2.14 bits per heavy atom. The summed E-state index contributed by atoms with van der Waals surface area (Å²) < 4.78 is 0. The topological polar surface area (TPSA) is 77.8 Å². The highest BCUT2D eigenvalue weighted by Gasteiger charge is 2.09. The van der Waals surface area contributed by atoms with Gasteiger partial charge in [0, 0.05) is 11.7 Å². The van der Waals surface area contributed by atoms with Gasteiger partial charge in [0.25, 0.3) is 5.91 Å². The number of benzene rings is 1. The van der Waals surface area contributed by atoms with Gasteiger partial charge >= 0.3 is 0 Å². The maximum Gasteiger partial charge on any atom is 0.270 e. The molecule has 1 aromatic carbocycles. The molecule has 22 heavy (non-hydrogen) atoms. The first-order valence-corrected chi connectivity index (χ1v) is 7.16. The second-order valence-corrected chi connectivity index (χ2v) is 5.03. The van der Waals surface area contributed by atoms with Crippen molar-refractivity contribution in [3.05, 3.63) is 53.9 Å². The number of hydrogen-bond donors (Lipinski definition) is 2. The Bertz CT molecular complexity index is 689. The number of rotatable bonds is 5. The Hall–Kier alpha value is -2.87. The molecule has 5 nitrogen and oxygen atoms in total. The molecule has 5 heteroatoms. The van der Waals surface area contributed by atoms with E-state index in [1.54, 1.807) is 30.5 Å². The predicted molar refractivity (Wildman–Crippen MR) is 85.9 cm³/mol. The van der Waals surface area contributed by atoms with Crippen molar-refractivity contribution in [3.8, 4) is 6.07 Å². The molecule has 2 N–H and O–H groups in total. The van der Waals surface area contributed by atoms with Crippen LogP contribution < -0.4 is 10.6 Å². The van der Waals surface area contributed by atoms with Gasteiger partial charge < -0.3 is 10.6 Å². The normalized spacial score (nSPS) is 11.3. The molecule has 0 radical (unpaired) electrons. The van der Waals surface area contributed by atoms with Crippen LogP contribution in [0, 0.1) is 11.3 Å². The Morgan fingerprint density at radius 1 is 1.32 bits per heavy atom. The highest BCUT2D eigenvalue weighted by molar-refractivity contribution is 5.92. The largest absolute Gasteiger partial charge is 0.354 e. The zero-order valence-electron chi connectivity index (χ0n) is 12.6. The van der Waals surface area contributed by atoms with Gasteiger partial charge in [-0.2, -0.15) is 5.26 Å². The fourth-order valence-corrected chi connectivity index (χ4v) is 1.84. The Morgan fingerprint density at radius 3 is 2.77 bits per heavy atom. The first-order valence-electron chi connectivity index (χ1n) is 7.16. The first kappa shape index (κ1) is 15.5. The smallest absolute Gasteiger partial charge is 0.270 e.